The van der Waals surface area contributed by atoms with Crippen molar-refractivity contribution >= 4 is 5.97 Å². The van der Waals surface area contributed by atoms with Gasteiger partial charge in [-0.15, -0.1) is 0 Å². The van der Waals surface area contributed by atoms with Gasteiger partial charge in [0.15, 0.2) is 0 Å². The molecule has 0 aliphatic rings. The van der Waals surface area contributed by atoms with Crippen LogP contribution < -0.4 is 9.47 Å². The van der Waals surface area contributed by atoms with Gasteiger partial charge in [-0.2, -0.15) is 0 Å². The van der Waals surface area contributed by atoms with E-state index in [-0.39, 0.29) is 17.9 Å². The lowest BCUT2D eigenvalue weighted by Crippen LogP contribution is -2.05. The Morgan fingerprint density at radius 1 is 1.24 bits per heavy atom. The molecule has 5 heteroatoms. The molecule has 1 aromatic carbocycles. The van der Waals surface area contributed by atoms with Gasteiger partial charge in [-0.05, 0) is 30.7 Å². The molecule has 1 N–H and O–H groups in total. The first-order chi connectivity index (χ1) is 10.2. The molecule has 0 saturated carbocycles. The third kappa shape index (κ3) is 4.21. The molecule has 5 nitrogen and oxygen atoms in total. The highest BCUT2D eigenvalue weighted by molar-refractivity contribution is 5.91. The number of ether oxygens (including phenoxy) is 2. The van der Waals surface area contributed by atoms with Crippen molar-refractivity contribution in [1.29, 1.82) is 0 Å². The van der Waals surface area contributed by atoms with Crippen LogP contribution in [0.5, 0.6) is 11.5 Å². The van der Waals surface area contributed by atoms with Gasteiger partial charge in [0.05, 0.1) is 12.3 Å². The summed E-state index contributed by atoms with van der Waals surface area (Å²) >= 11 is 0. The highest BCUT2D eigenvalue weighted by atomic mass is 16.5. The second kappa shape index (κ2) is 7.28. The van der Waals surface area contributed by atoms with Crippen LogP contribution in [0.15, 0.2) is 42.6 Å². The van der Waals surface area contributed by atoms with Crippen LogP contribution in [0.2, 0.25) is 0 Å². The van der Waals surface area contributed by atoms with E-state index < -0.39 is 5.97 Å². The van der Waals surface area contributed by atoms with Gasteiger partial charge in [0, 0.05) is 12.3 Å². The Labute approximate surface area is 123 Å². The molecule has 21 heavy (non-hydrogen) atoms. The number of benzene rings is 1. The smallest absolute Gasteiger partial charge is 0.339 e. The molecular formula is C16H17NO4. The fraction of sp³-hybridized carbons (Fsp3) is 0.250. The molecule has 0 aliphatic heterocycles. The third-order valence-corrected chi connectivity index (χ3v) is 2.76. The Hall–Kier alpha value is -2.56. The Morgan fingerprint density at radius 3 is 2.76 bits per heavy atom. The van der Waals surface area contributed by atoms with Gasteiger partial charge in [0.25, 0.3) is 0 Å². The number of nitrogens with zero attached hydrogens (tertiary/aromatic N) is 1. The Balaban J connectivity index is 2.16. The van der Waals surface area contributed by atoms with E-state index in [4.69, 9.17) is 9.47 Å². The van der Waals surface area contributed by atoms with Crippen LogP contribution in [-0.2, 0) is 6.61 Å². The van der Waals surface area contributed by atoms with Crippen molar-refractivity contribution in [3.05, 3.63) is 53.9 Å². The molecule has 0 bridgehead atoms. The van der Waals surface area contributed by atoms with Crippen LogP contribution in [0.4, 0.5) is 0 Å². The largest absolute Gasteiger partial charge is 0.493 e. The monoisotopic (exact) mass is 287 g/mol. The first kappa shape index (κ1) is 14.8. The zero-order chi connectivity index (χ0) is 15.1. The Kier molecular flexibility index (Phi) is 5.15. The van der Waals surface area contributed by atoms with Crippen molar-refractivity contribution in [2.75, 3.05) is 6.61 Å². The van der Waals surface area contributed by atoms with Gasteiger partial charge in [0.2, 0.25) is 0 Å². The number of hydrogen-bond donors (Lipinski definition) is 1. The van der Waals surface area contributed by atoms with Crippen molar-refractivity contribution in [1.82, 2.24) is 4.98 Å². The second-order valence-corrected chi connectivity index (χ2v) is 4.42. The van der Waals surface area contributed by atoms with E-state index in [1.807, 2.05) is 25.1 Å². The van der Waals surface area contributed by atoms with Crippen molar-refractivity contribution in [2.45, 2.75) is 20.0 Å². The summed E-state index contributed by atoms with van der Waals surface area (Å²) in [4.78, 5) is 15.4. The number of aromatic nitrogens is 1. The highest BCUT2D eigenvalue weighted by Gasteiger charge is 2.13. The standard InChI is InChI=1S/C16H17NO4/c1-2-9-20-13-6-7-14(16(18)19)15(10-13)21-11-12-5-3-4-8-17-12/h3-8,10H,2,9,11H2,1H3,(H,18,19). The number of carboxylic acid groups (broad SMARTS) is 1. The van der Waals surface area contributed by atoms with Gasteiger partial charge < -0.3 is 14.6 Å². The summed E-state index contributed by atoms with van der Waals surface area (Å²) in [7, 11) is 0. The number of hydrogen-bond acceptors (Lipinski definition) is 4. The van der Waals surface area contributed by atoms with Crippen molar-refractivity contribution in [3.8, 4) is 11.5 Å². The van der Waals surface area contributed by atoms with Crippen LogP contribution in [0.3, 0.4) is 0 Å². The molecule has 0 spiro atoms. The predicted molar refractivity (Wildman–Crippen MR) is 77.8 cm³/mol. The third-order valence-electron chi connectivity index (χ3n) is 2.76. The molecule has 0 atom stereocenters. The lowest BCUT2D eigenvalue weighted by atomic mass is 10.2. The molecule has 0 amide bonds. The summed E-state index contributed by atoms with van der Waals surface area (Å²) in [6.07, 6.45) is 2.54. The number of pyridine rings is 1. The summed E-state index contributed by atoms with van der Waals surface area (Å²) in [5.74, 6) is -0.160. The Bertz CT molecular complexity index is 598. The van der Waals surface area contributed by atoms with Gasteiger partial charge in [-0.3, -0.25) is 4.98 Å². The lowest BCUT2D eigenvalue weighted by molar-refractivity contribution is 0.0691. The molecule has 2 rings (SSSR count). The zero-order valence-corrected chi connectivity index (χ0v) is 11.8. The minimum absolute atomic E-state index is 0.106. The van der Waals surface area contributed by atoms with Gasteiger partial charge >= 0.3 is 5.97 Å². The lowest BCUT2D eigenvalue weighted by Gasteiger charge is -2.11. The quantitative estimate of drug-likeness (QED) is 0.847. The normalized spacial score (nSPS) is 10.1. The minimum atomic E-state index is -1.03. The van der Waals surface area contributed by atoms with E-state index in [0.717, 1.165) is 12.1 Å². The number of aromatic carboxylic acids is 1. The first-order valence-electron chi connectivity index (χ1n) is 6.73. The Morgan fingerprint density at radius 2 is 2.10 bits per heavy atom. The van der Waals surface area contributed by atoms with E-state index in [0.29, 0.717) is 12.4 Å². The van der Waals surface area contributed by atoms with Crippen molar-refractivity contribution in [3.63, 3.8) is 0 Å². The molecule has 0 saturated heterocycles. The van der Waals surface area contributed by atoms with Gasteiger partial charge in [-0.25, -0.2) is 4.79 Å². The fourth-order valence-electron chi connectivity index (χ4n) is 1.74. The van der Waals surface area contributed by atoms with E-state index >= 15 is 0 Å². The van der Waals surface area contributed by atoms with E-state index in [1.165, 1.54) is 6.07 Å². The molecule has 1 aromatic heterocycles. The van der Waals surface area contributed by atoms with Gasteiger partial charge in [0.1, 0.15) is 23.7 Å². The molecular weight excluding hydrogens is 270 g/mol. The van der Waals surface area contributed by atoms with Crippen LogP contribution in [0, 0.1) is 0 Å². The summed E-state index contributed by atoms with van der Waals surface area (Å²) in [5, 5.41) is 9.19. The summed E-state index contributed by atoms with van der Waals surface area (Å²) in [6.45, 7) is 2.79. The van der Waals surface area contributed by atoms with Crippen molar-refractivity contribution < 1.29 is 19.4 Å². The summed E-state index contributed by atoms with van der Waals surface area (Å²) in [6, 6.07) is 10.2. The fourth-order valence-corrected chi connectivity index (χ4v) is 1.74. The van der Waals surface area contributed by atoms with Crippen LogP contribution in [0.1, 0.15) is 29.4 Å². The van der Waals surface area contributed by atoms with Crippen LogP contribution in [-0.4, -0.2) is 22.7 Å². The maximum absolute atomic E-state index is 11.2. The second-order valence-electron chi connectivity index (χ2n) is 4.42. The average Bonchev–Trinajstić information content (AvgIpc) is 2.51. The zero-order valence-electron chi connectivity index (χ0n) is 11.8. The SMILES string of the molecule is CCCOc1ccc(C(=O)O)c(OCc2ccccn2)c1. The maximum atomic E-state index is 11.2. The molecule has 0 unspecified atom stereocenters. The van der Waals surface area contributed by atoms with Crippen LogP contribution >= 0.6 is 0 Å². The summed E-state index contributed by atoms with van der Waals surface area (Å²) in [5.41, 5.74) is 0.837. The first-order valence-corrected chi connectivity index (χ1v) is 6.73. The molecule has 0 aliphatic carbocycles. The van der Waals surface area contributed by atoms with E-state index in [2.05, 4.69) is 4.98 Å². The molecule has 2 aromatic rings. The number of carboxylic acids is 1. The highest BCUT2D eigenvalue weighted by Crippen LogP contribution is 2.26. The number of rotatable bonds is 7. The van der Waals surface area contributed by atoms with Crippen LogP contribution in [0.25, 0.3) is 0 Å². The molecule has 0 fully saturated rings. The average molecular weight is 287 g/mol. The van der Waals surface area contributed by atoms with E-state index in [1.54, 1.807) is 18.3 Å². The number of carbonyl (C=O) groups is 1. The molecule has 110 valence electrons. The molecule has 0 radical (unpaired) electrons. The van der Waals surface area contributed by atoms with Crippen molar-refractivity contribution in [2.24, 2.45) is 0 Å². The molecule has 1 heterocycles. The van der Waals surface area contributed by atoms with Gasteiger partial charge in [-0.1, -0.05) is 13.0 Å². The maximum Gasteiger partial charge on any atom is 0.339 e. The van der Waals surface area contributed by atoms with E-state index in [9.17, 15) is 9.90 Å². The predicted octanol–water partition coefficient (Wildman–Crippen LogP) is 3.15. The topological polar surface area (TPSA) is 68.7 Å². The minimum Gasteiger partial charge on any atom is -0.493 e. The summed E-state index contributed by atoms with van der Waals surface area (Å²) < 4.78 is 11.1.